The maximum absolute atomic E-state index is 11.4. The highest BCUT2D eigenvalue weighted by Gasteiger charge is 2.24. The van der Waals surface area contributed by atoms with Crippen molar-refractivity contribution in [3.05, 3.63) is 0 Å². The fourth-order valence-corrected chi connectivity index (χ4v) is 1.12. The zero-order valence-corrected chi connectivity index (χ0v) is 9.10. The molecule has 0 spiro atoms. The van der Waals surface area contributed by atoms with Gasteiger partial charge >= 0.3 is 5.97 Å². The van der Waals surface area contributed by atoms with E-state index in [0.29, 0.717) is 12.8 Å². The largest absolute Gasteiger partial charge is 0.480 e. The third-order valence-corrected chi connectivity index (χ3v) is 1.96. The van der Waals surface area contributed by atoms with Gasteiger partial charge in [0.25, 0.3) is 0 Å². The normalized spacial score (nSPS) is 13.9. The molecule has 0 aliphatic heterocycles. The molecule has 1 unspecified atom stereocenters. The minimum Gasteiger partial charge on any atom is -0.480 e. The van der Waals surface area contributed by atoms with Crippen molar-refractivity contribution in [2.75, 3.05) is 0 Å². The maximum atomic E-state index is 11.4. The van der Waals surface area contributed by atoms with Crippen molar-refractivity contribution < 1.29 is 19.5 Å². The Morgan fingerprint density at radius 1 is 1.38 bits per heavy atom. The Kier molecular flexibility index (Phi) is 6.09. The minimum atomic E-state index is -1.31. The van der Waals surface area contributed by atoms with E-state index in [4.69, 9.17) is 16.6 Å². The Balaban J connectivity index is 4.34. The molecule has 16 heavy (non-hydrogen) atoms. The maximum Gasteiger partial charge on any atom is 0.326 e. The third-order valence-electron chi connectivity index (χ3n) is 1.96. The zero-order chi connectivity index (χ0) is 12.7. The first-order valence-electron chi connectivity index (χ1n) is 4.95. The van der Waals surface area contributed by atoms with Crippen molar-refractivity contribution in [2.24, 2.45) is 11.5 Å². The van der Waals surface area contributed by atoms with Gasteiger partial charge in [-0.2, -0.15) is 0 Å². The van der Waals surface area contributed by atoms with Gasteiger partial charge in [0.1, 0.15) is 6.04 Å². The molecule has 0 bridgehead atoms. The van der Waals surface area contributed by atoms with Gasteiger partial charge in [0.05, 0.1) is 12.5 Å². The number of carboxylic acid groups (broad SMARTS) is 1. The lowest BCUT2D eigenvalue weighted by atomic mass is 10.1. The second-order valence-electron chi connectivity index (χ2n) is 3.47. The van der Waals surface area contributed by atoms with Crippen molar-refractivity contribution in [3.8, 4) is 0 Å². The molecule has 92 valence electrons. The highest BCUT2D eigenvalue weighted by molar-refractivity contribution is 5.89. The fraction of sp³-hybridized carbons (Fsp3) is 0.667. The molecule has 0 aromatic carbocycles. The van der Waals surface area contributed by atoms with Gasteiger partial charge in [0.15, 0.2) is 0 Å². The van der Waals surface area contributed by atoms with Gasteiger partial charge < -0.3 is 21.9 Å². The molecule has 0 aliphatic carbocycles. The topological polar surface area (TPSA) is 136 Å². The molecule has 6 N–H and O–H groups in total. The van der Waals surface area contributed by atoms with Crippen LogP contribution in [0, 0.1) is 0 Å². The average molecular weight is 231 g/mol. The van der Waals surface area contributed by atoms with E-state index in [1.807, 2.05) is 6.92 Å². The number of hydrogen-bond acceptors (Lipinski definition) is 4. The number of aliphatic carboxylic acids is 1. The van der Waals surface area contributed by atoms with E-state index < -0.39 is 36.3 Å². The summed E-state index contributed by atoms with van der Waals surface area (Å²) in [7, 11) is 0. The summed E-state index contributed by atoms with van der Waals surface area (Å²) in [5, 5.41) is 10.9. The van der Waals surface area contributed by atoms with Gasteiger partial charge in [-0.25, -0.2) is 4.79 Å². The molecule has 0 rings (SSSR count). The number of rotatable bonds is 7. The van der Waals surface area contributed by atoms with Crippen LogP contribution in [0.15, 0.2) is 0 Å². The Bertz CT molecular complexity index is 280. The van der Waals surface area contributed by atoms with E-state index in [9.17, 15) is 14.4 Å². The second kappa shape index (κ2) is 6.78. The van der Waals surface area contributed by atoms with Crippen LogP contribution in [-0.4, -0.2) is 35.0 Å². The smallest absolute Gasteiger partial charge is 0.326 e. The number of primary amides is 1. The predicted molar refractivity (Wildman–Crippen MR) is 56.3 cm³/mol. The molecule has 0 aromatic rings. The van der Waals surface area contributed by atoms with Crippen molar-refractivity contribution in [1.82, 2.24) is 5.32 Å². The number of hydrogen-bond donors (Lipinski definition) is 4. The van der Waals surface area contributed by atoms with E-state index in [1.54, 1.807) is 0 Å². The summed E-state index contributed by atoms with van der Waals surface area (Å²) < 4.78 is 0. The molecule has 2 atom stereocenters. The number of amides is 2. The third kappa shape index (κ3) is 5.30. The molecule has 0 saturated heterocycles. The molecule has 0 radical (unpaired) electrons. The number of nitrogens with one attached hydrogen (secondary N) is 1. The van der Waals surface area contributed by atoms with Crippen LogP contribution in [-0.2, 0) is 14.4 Å². The standard InChI is InChI=1S/C9H17N3O4/c1-2-3-5(10)8(14)12-6(9(15)16)4-7(11)13/h5-6H,2-4,10H2,1H3,(H2,11,13)(H,12,14)(H,15,16)/t5?,6-/m1/s1. The van der Waals surface area contributed by atoms with E-state index in [1.165, 1.54) is 0 Å². The van der Waals surface area contributed by atoms with Gasteiger partial charge in [-0.1, -0.05) is 13.3 Å². The highest BCUT2D eigenvalue weighted by atomic mass is 16.4. The molecule has 0 heterocycles. The minimum absolute atomic E-state index is 0.445. The number of carbonyl (C=O) groups is 3. The second-order valence-corrected chi connectivity index (χ2v) is 3.47. The predicted octanol–water partition coefficient (Wildman–Crippen LogP) is -1.44. The first-order valence-corrected chi connectivity index (χ1v) is 4.95. The fourth-order valence-electron chi connectivity index (χ4n) is 1.12. The number of carboxylic acids is 1. The van der Waals surface area contributed by atoms with Gasteiger partial charge in [-0.05, 0) is 6.42 Å². The Hall–Kier alpha value is -1.63. The first kappa shape index (κ1) is 14.4. The van der Waals surface area contributed by atoms with E-state index in [2.05, 4.69) is 5.32 Å². The van der Waals surface area contributed by atoms with Crippen LogP contribution in [0.1, 0.15) is 26.2 Å². The van der Waals surface area contributed by atoms with Crippen molar-refractivity contribution in [1.29, 1.82) is 0 Å². The molecular weight excluding hydrogens is 214 g/mol. The lowest BCUT2D eigenvalue weighted by Gasteiger charge is -2.16. The summed E-state index contributed by atoms with van der Waals surface area (Å²) in [6, 6.07) is -2.08. The molecule has 0 saturated carbocycles. The summed E-state index contributed by atoms with van der Waals surface area (Å²) in [4.78, 5) is 32.6. The SMILES string of the molecule is CCCC(N)C(=O)N[C@H](CC(N)=O)C(=O)O. The lowest BCUT2D eigenvalue weighted by molar-refractivity contribution is -0.143. The van der Waals surface area contributed by atoms with Gasteiger partial charge in [-0.3, -0.25) is 9.59 Å². The molecule has 0 aromatic heterocycles. The van der Waals surface area contributed by atoms with Crippen LogP contribution in [0.2, 0.25) is 0 Å². The van der Waals surface area contributed by atoms with Gasteiger partial charge in [-0.15, -0.1) is 0 Å². The van der Waals surface area contributed by atoms with Crippen LogP contribution >= 0.6 is 0 Å². The lowest BCUT2D eigenvalue weighted by Crippen LogP contribution is -2.49. The quantitative estimate of drug-likeness (QED) is 0.425. The van der Waals surface area contributed by atoms with Crippen molar-refractivity contribution >= 4 is 17.8 Å². The van der Waals surface area contributed by atoms with Gasteiger partial charge in [0, 0.05) is 0 Å². The Morgan fingerprint density at radius 2 is 1.94 bits per heavy atom. The van der Waals surface area contributed by atoms with Crippen molar-refractivity contribution in [3.63, 3.8) is 0 Å². The van der Waals surface area contributed by atoms with E-state index >= 15 is 0 Å². The first-order chi connectivity index (χ1) is 7.38. The van der Waals surface area contributed by atoms with Crippen LogP contribution in [0.4, 0.5) is 0 Å². The monoisotopic (exact) mass is 231 g/mol. The summed E-state index contributed by atoms with van der Waals surface area (Å²) in [6.45, 7) is 1.85. The van der Waals surface area contributed by atoms with Crippen molar-refractivity contribution in [2.45, 2.75) is 38.3 Å². The number of carbonyl (C=O) groups excluding carboxylic acids is 2. The van der Waals surface area contributed by atoms with E-state index in [-0.39, 0.29) is 0 Å². The highest BCUT2D eigenvalue weighted by Crippen LogP contribution is 1.97. The number of nitrogens with two attached hydrogens (primary N) is 2. The summed E-state index contributed by atoms with van der Waals surface area (Å²) in [5.74, 6) is -2.69. The van der Waals surface area contributed by atoms with Crippen LogP contribution in [0.5, 0.6) is 0 Å². The Morgan fingerprint density at radius 3 is 2.31 bits per heavy atom. The summed E-state index contributed by atoms with van der Waals surface area (Å²) >= 11 is 0. The Labute approximate surface area is 93.2 Å². The molecule has 2 amide bonds. The van der Waals surface area contributed by atoms with Crippen LogP contribution in [0.25, 0.3) is 0 Å². The van der Waals surface area contributed by atoms with Gasteiger partial charge in [0.2, 0.25) is 11.8 Å². The molecule has 7 nitrogen and oxygen atoms in total. The molecule has 7 heteroatoms. The summed E-state index contributed by atoms with van der Waals surface area (Å²) in [6.07, 6.45) is 0.719. The zero-order valence-electron chi connectivity index (χ0n) is 9.10. The molecule has 0 aliphatic rings. The van der Waals surface area contributed by atoms with Crippen LogP contribution < -0.4 is 16.8 Å². The van der Waals surface area contributed by atoms with E-state index in [0.717, 1.165) is 0 Å². The molecular formula is C9H17N3O4. The average Bonchev–Trinajstić information content (AvgIpc) is 2.16. The van der Waals surface area contributed by atoms with Crippen LogP contribution in [0.3, 0.4) is 0 Å². The molecule has 0 fully saturated rings. The summed E-state index contributed by atoms with van der Waals surface area (Å²) in [5.41, 5.74) is 10.3.